The minimum atomic E-state index is -0.208. The van der Waals surface area contributed by atoms with E-state index in [1.165, 1.54) is 7.11 Å². The first kappa shape index (κ1) is 14.5. The van der Waals surface area contributed by atoms with Gasteiger partial charge >= 0.3 is 5.97 Å². The third kappa shape index (κ3) is 4.37. The van der Waals surface area contributed by atoms with Crippen molar-refractivity contribution < 1.29 is 14.3 Å². The number of hydrogen-bond donors (Lipinski definition) is 1. The molecule has 0 aliphatic rings. The summed E-state index contributed by atoms with van der Waals surface area (Å²) in [6.45, 7) is 1.83. The number of ether oxygens (including phenoxy) is 2. The number of esters is 1. The Bertz CT molecular complexity index is 375. The average Bonchev–Trinajstić information content (AvgIpc) is 2.38. The van der Waals surface area contributed by atoms with Crippen molar-refractivity contribution in [2.24, 2.45) is 11.7 Å². The molecule has 0 aliphatic heterocycles. The third-order valence-corrected chi connectivity index (χ3v) is 2.92. The largest absolute Gasteiger partial charge is 0.497 e. The number of nitrogens with two attached hydrogens (primary N) is 1. The van der Waals surface area contributed by atoms with Crippen LogP contribution in [0.5, 0.6) is 5.75 Å². The zero-order valence-corrected chi connectivity index (χ0v) is 11.2. The molecule has 0 amide bonds. The summed E-state index contributed by atoms with van der Waals surface area (Å²) in [7, 11) is 3.03. The van der Waals surface area contributed by atoms with Crippen LogP contribution in [0.2, 0.25) is 0 Å². The van der Waals surface area contributed by atoms with Crippen LogP contribution in [0.25, 0.3) is 0 Å². The van der Waals surface area contributed by atoms with Crippen LogP contribution < -0.4 is 10.5 Å². The van der Waals surface area contributed by atoms with Crippen LogP contribution in [0, 0.1) is 5.92 Å². The van der Waals surface area contributed by atoms with Gasteiger partial charge in [0.15, 0.2) is 0 Å². The molecule has 4 heteroatoms. The normalized spacial score (nSPS) is 13.8. The maximum atomic E-state index is 11.3. The van der Waals surface area contributed by atoms with E-state index in [4.69, 9.17) is 10.5 Å². The Labute approximate surface area is 108 Å². The molecule has 1 aromatic rings. The van der Waals surface area contributed by atoms with Crippen LogP contribution >= 0.6 is 0 Å². The number of hydrogen-bond acceptors (Lipinski definition) is 4. The van der Waals surface area contributed by atoms with Gasteiger partial charge in [0.25, 0.3) is 0 Å². The minimum absolute atomic E-state index is 0.0486. The highest BCUT2D eigenvalue weighted by atomic mass is 16.5. The molecule has 1 rings (SSSR count). The molecule has 2 N–H and O–H groups in total. The van der Waals surface area contributed by atoms with Gasteiger partial charge in [-0.25, -0.2) is 0 Å². The van der Waals surface area contributed by atoms with Crippen molar-refractivity contribution >= 4 is 5.97 Å². The van der Waals surface area contributed by atoms with Crippen molar-refractivity contribution in [2.75, 3.05) is 14.2 Å². The minimum Gasteiger partial charge on any atom is -0.497 e. The van der Waals surface area contributed by atoms with Crippen LogP contribution in [0.3, 0.4) is 0 Å². The molecule has 1 aromatic carbocycles. The van der Waals surface area contributed by atoms with Gasteiger partial charge in [-0.3, -0.25) is 4.79 Å². The molecule has 0 spiro atoms. The molecule has 0 aromatic heterocycles. The molecule has 0 bridgehead atoms. The molecule has 100 valence electrons. The van der Waals surface area contributed by atoms with Crippen molar-refractivity contribution in [3.8, 4) is 5.75 Å². The van der Waals surface area contributed by atoms with E-state index >= 15 is 0 Å². The van der Waals surface area contributed by atoms with Crippen LogP contribution in [-0.4, -0.2) is 26.2 Å². The van der Waals surface area contributed by atoms with Gasteiger partial charge in [-0.1, -0.05) is 19.1 Å². The second kappa shape index (κ2) is 7.01. The lowest BCUT2D eigenvalue weighted by Crippen LogP contribution is -2.28. The van der Waals surface area contributed by atoms with Crippen molar-refractivity contribution in [3.63, 3.8) is 0 Å². The maximum absolute atomic E-state index is 11.3. The molecule has 2 atom stereocenters. The molecule has 0 aliphatic carbocycles. The molecule has 4 nitrogen and oxygen atoms in total. The lowest BCUT2D eigenvalue weighted by Gasteiger charge is -2.15. The summed E-state index contributed by atoms with van der Waals surface area (Å²) >= 11 is 0. The third-order valence-electron chi connectivity index (χ3n) is 2.92. The van der Waals surface area contributed by atoms with E-state index in [2.05, 4.69) is 4.74 Å². The number of carbonyl (C=O) groups is 1. The van der Waals surface area contributed by atoms with Gasteiger partial charge in [-0.15, -0.1) is 0 Å². The molecule has 0 heterocycles. The van der Waals surface area contributed by atoms with Crippen molar-refractivity contribution in [1.82, 2.24) is 0 Å². The first-order chi connectivity index (χ1) is 8.56. The highest BCUT2D eigenvalue weighted by molar-refractivity contribution is 5.71. The molecular weight excluding hydrogens is 230 g/mol. The van der Waals surface area contributed by atoms with Gasteiger partial charge in [0, 0.05) is 6.04 Å². The highest BCUT2D eigenvalue weighted by Gasteiger charge is 2.17. The summed E-state index contributed by atoms with van der Waals surface area (Å²) in [4.78, 5) is 11.3. The van der Waals surface area contributed by atoms with Gasteiger partial charge in [-0.2, -0.15) is 0 Å². The molecule has 0 fully saturated rings. The summed E-state index contributed by atoms with van der Waals surface area (Å²) in [6.07, 6.45) is 1.37. The fourth-order valence-corrected chi connectivity index (χ4v) is 1.90. The first-order valence-corrected chi connectivity index (χ1v) is 6.03. The van der Waals surface area contributed by atoms with Crippen molar-refractivity contribution in [2.45, 2.75) is 25.8 Å². The van der Waals surface area contributed by atoms with E-state index in [1.54, 1.807) is 7.11 Å². The van der Waals surface area contributed by atoms with Crippen LogP contribution in [0.4, 0.5) is 0 Å². The van der Waals surface area contributed by atoms with Crippen LogP contribution in [0.1, 0.15) is 18.9 Å². The second-order valence-corrected chi connectivity index (χ2v) is 4.47. The maximum Gasteiger partial charge on any atom is 0.308 e. The van der Waals surface area contributed by atoms with Gasteiger partial charge in [0.2, 0.25) is 0 Å². The standard InChI is InChI=1S/C14H21NO3/c1-10(14(16)18-3)8-12(15)9-11-4-6-13(17-2)7-5-11/h4-7,10,12H,8-9,15H2,1-3H3/t10-,12+/m0/s1. The summed E-state index contributed by atoms with van der Waals surface area (Å²) in [6, 6.07) is 7.74. The number of benzene rings is 1. The summed E-state index contributed by atoms with van der Waals surface area (Å²) in [5.74, 6) is 0.457. The Morgan fingerprint density at radius 3 is 2.39 bits per heavy atom. The fourth-order valence-electron chi connectivity index (χ4n) is 1.90. The van der Waals surface area contributed by atoms with E-state index in [1.807, 2.05) is 31.2 Å². The van der Waals surface area contributed by atoms with E-state index in [0.717, 1.165) is 17.7 Å². The Morgan fingerprint density at radius 2 is 1.89 bits per heavy atom. The summed E-state index contributed by atoms with van der Waals surface area (Å²) < 4.78 is 9.77. The lowest BCUT2D eigenvalue weighted by atomic mass is 9.97. The smallest absolute Gasteiger partial charge is 0.308 e. The van der Waals surface area contributed by atoms with E-state index in [-0.39, 0.29) is 17.9 Å². The zero-order chi connectivity index (χ0) is 13.5. The van der Waals surface area contributed by atoms with Gasteiger partial charge in [-0.05, 0) is 30.5 Å². The molecule has 0 saturated heterocycles. The Balaban J connectivity index is 2.48. The quantitative estimate of drug-likeness (QED) is 0.783. The topological polar surface area (TPSA) is 61.5 Å². The van der Waals surface area contributed by atoms with Gasteiger partial charge in [0.05, 0.1) is 20.1 Å². The fraction of sp³-hybridized carbons (Fsp3) is 0.500. The van der Waals surface area contributed by atoms with Crippen molar-refractivity contribution in [1.29, 1.82) is 0 Å². The number of rotatable bonds is 6. The van der Waals surface area contributed by atoms with Gasteiger partial charge < -0.3 is 15.2 Å². The zero-order valence-electron chi connectivity index (χ0n) is 11.2. The van der Waals surface area contributed by atoms with E-state index in [9.17, 15) is 4.79 Å². The van der Waals surface area contributed by atoms with Crippen molar-refractivity contribution in [3.05, 3.63) is 29.8 Å². The van der Waals surface area contributed by atoms with Gasteiger partial charge in [0.1, 0.15) is 5.75 Å². The predicted octanol–water partition coefficient (Wildman–Crippen LogP) is 1.76. The monoisotopic (exact) mass is 251 g/mol. The Hall–Kier alpha value is -1.55. The molecular formula is C14H21NO3. The number of methoxy groups -OCH3 is 2. The summed E-state index contributed by atoms with van der Waals surface area (Å²) in [5.41, 5.74) is 7.17. The predicted molar refractivity (Wildman–Crippen MR) is 70.5 cm³/mol. The number of carbonyl (C=O) groups excluding carboxylic acids is 1. The average molecular weight is 251 g/mol. The van der Waals surface area contributed by atoms with E-state index in [0.29, 0.717) is 6.42 Å². The molecule has 0 radical (unpaired) electrons. The summed E-state index contributed by atoms with van der Waals surface area (Å²) in [5, 5.41) is 0. The lowest BCUT2D eigenvalue weighted by molar-refractivity contribution is -0.145. The second-order valence-electron chi connectivity index (χ2n) is 4.47. The highest BCUT2D eigenvalue weighted by Crippen LogP contribution is 2.15. The Kier molecular flexibility index (Phi) is 5.65. The molecule has 18 heavy (non-hydrogen) atoms. The van der Waals surface area contributed by atoms with E-state index < -0.39 is 0 Å². The Morgan fingerprint density at radius 1 is 1.28 bits per heavy atom. The van der Waals surface area contributed by atoms with Crippen LogP contribution in [-0.2, 0) is 16.0 Å². The van der Waals surface area contributed by atoms with Crippen LogP contribution in [0.15, 0.2) is 24.3 Å². The molecule has 0 saturated carbocycles. The first-order valence-electron chi connectivity index (χ1n) is 6.03. The molecule has 0 unspecified atom stereocenters. The SMILES string of the molecule is COC(=O)[C@@H](C)C[C@@H](N)Cc1ccc(OC)cc1.